The van der Waals surface area contributed by atoms with Crippen LogP contribution in [0.2, 0.25) is 0 Å². The van der Waals surface area contributed by atoms with Crippen LogP contribution < -0.4 is 11.1 Å². The Bertz CT molecular complexity index is 1340. The smallest absolute Gasteiger partial charge is 0.221 e. The number of anilines is 2. The third-order valence-electron chi connectivity index (χ3n) is 5.11. The number of nitrogens with one attached hydrogen (secondary N) is 1. The lowest BCUT2D eigenvalue weighted by molar-refractivity contribution is -0.114. The number of fused-ring (bicyclic) bond motifs is 2. The summed E-state index contributed by atoms with van der Waals surface area (Å²) < 4.78 is 0. The van der Waals surface area contributed by atoms with Gasteiger partial charge in [-0.3, -0.25) is 19.2 Å². The number of aliphatic hydroxyl groups is 1. The summed E-state index contributed by atoms with van der Waals surface area (Å²) in [6, 6.07) is 9.25. The second-order valence-electron chi connectivity index (χ2n) is 7.32. The van der Waals surface area contributed by atoms with Crippen LogP contribution in [0.25, 0.3) is 5.76 Å². The van der Waals surface area contributed by atoms with E-state index in [4.69, 9.17) is 5.73 Å². The van der Waals surface area contributed by atoms with E-state index in [1.54, 1.807) is 24.3 Å². The maximum atomic E-state index is 12.6. The molecule has 7 heteroatoms. The molecule has 0 bridgehead atoms. The molecule has 0 spiro atoms. The van der Waals surface area contributed by atoms with Crippen LogP contribution in [-0.2, 0) is 4.79 Å². The Morgan fingerprint density at radius 2 is 1.56 bits per heavy atom. The number of rotatable bonds is 4. The van der Waals surface area contributed by atoms with Crippen molar-refractivity contribution in [1.29, 1.82) is 0 Å². The minimum Gasteiger partial charge on any atom is -0.507 e. The number of nitrogen functional groups attached to an aromatic ring is 1. The predicted octanol–water partition coefficient (Wildman–Crippen LogP) is 3.81. The fourth-order valence-electron chi connectivity index (χ4n) is 3.63. The summed E-state index contributed by atoms with van der Waals surface area (Å²) in [6.07, 6.45) is 7.43. The SMILES string of the molecule is CC(=O)Nc1ccc2c(c1)C(=O)\C(=C/C=C/C=C/C1=C(O)c3cc(N)ccc3C1=O)C2=O. The number of Topliss-reactive ketones (excluding diaryl/α,β-unsaturated/α-hetero) is 3. The zero-order valence-electron chi connectivity index (χ0n) is 17.0. The number of carbonyl (C=O) groups is 4. The van der Waals surface area contributed by atoms with E-state index in [2.05, 4.69) is 5.32 Å². The van der Waals surface area contributed by atoms with Crippen molar-refractivity contribution in [2.24, 2.45) is 0 Å². The monoisotopic (exact) mass is 426 g/mol. The minimum absolute atomic E-state index is 0.00603. The normalized spacial score (nSPS) is 16.5. The summed E-state index contributed by atoms with van der Waals surface area (Å²) in [7, 11) is 0. The molecule has 2 aliphatic rings. The van der Waals surface area contributed by atoms with Gasteiger partial charge in [0.2, 0.25) is 5.91 Å². The molecule has 0 aliphatic heterocycles. The quantitative estimate of drug-likeness (QED) is 0.295. The average molecular weight is 426 g/mol. The molecular weight excluding hydrogens is 408 g/mol. The molecule has 32 heavy (non-hydrogen) atoms. The van der Waals surface area contributed by atoms with Gasteiger partial charge in [-0.2, -0.15) is 0 Å². The zero-order valence-corrected chi connectivity index (χ0v) is 17.0. The van der Waals surface area contributed by atoms with Gasteiger partial charge in [-0.15, -0.1) is 0 Å². The molecule has 1 amide bonds. The van der Waals surface area contributed by atoms with Crippen molar-refractivity contribution in [3.8, 4) is 0 Å². The highest BCUT2D eigenvalue weighted by Crippen LogP contribution is 2.33. The summed E-state index contributed by atoms with van der Waals surface area (Å²) in [5, 5.41) is 12.9. The number of aliphatic hydroxyl groups excluding tert-OH is 1. The number of amides is 1. The predicted molar refractivity (Wildman–Crippen MR) is 121 cm³/mol. The summed E-state index contributed by atoms with van der Waals surface area (Å²) >= 11 is 0. The van der Waals surface area contributed by atoms with Gasteiger partial charge in [-0.05, 0) is 48.6 Å². The molecule has 4 rings (SSSR count). The fraction of sp³-hybridized carbons (Fsp3) is 0.0400. The first kappa shape index (κ1) is 20.7. The molecule has 0 saturated carbocycles. The Morgan fingerprint density at radius 1 is 0.875 bits per heavy atom. The van der Waals surface area contributed by atoms with Gasteiger partial charge in [0.25, 0.3) is 0 Å². The topological polar surface area (TPSA) is 127 Å². The van der Waals surface area contributed by atoms with Crippen LogP contribution in [0.4, 0.5) is 11.4 Å². The lowest BCUT2D eigenvalue weighted by Crippen LogP contribution is -2.06. The van der Waals surface area contributed by atoms with E-state index in [9.17, 15) is 24.3 Å². The molecule has 158 valence electrons. The highest BCUT2D eigenvalue weighted by molar-refractivity contribution is 6.39. The van der Waals surface area contributed by atoms with Gasteiger partial charge in [0.05, 0.1) is 11.1 Å². The van der Waals surface area contributed by atoms with E-state index in [1.165, 1.54) is 49.4 Å². The van der Waals surface area contributed by atoms with Crippen molar-refractivity contribution in [3.05, 3.63) is 100 Å². The van der Waals surface area contributed by atoms with Gasteiger partial charge in [0.1, 0.15) is 5.76 Å². The van der Waals surface area contributed by atoms with Gasteiger partial charge in [-0.25, -0.2) is 0 Å². The molecule has 2 aromatic carbocycles. The largest absolute Gasteiger partial charge is 0.507 e. The fourth-order valence-corrected chi connectivity index (χ4v) is 3.63. The number of nitrogens with two attached hydrogens (primary N) is 1. The van der Waals surface area contributed by atoms with Gasteiger partial charge in [0.15, 0.2) is 17.3 Å². The first-order valence-electron chi connectivity index (χ1n) is 9.72. The Kier molecular flexibility index (Phi) is 5.16. The molecule has 2 aliphatic carbocycles. The van der Waals surface area contributed by atoms with Crippen LogP contribution in [-0.4, -0.2) is 28.4 Å². The first-order valence-corrected chi connectivity index (χ1v) is 9.72. The maximum Gasteiger partial charge on any atom is 0.221 e. The summed E-state index contributed by atoms with van der Waals surface area (Å²) in [5.74, 6) is -1.56. The average Bonchev–Trinajstić information content (AvgIpc) is 3.12. The van der Waals surface area contributed by atoms with Crippen LogP contribution in [0, 0.1) is 0 Å². The van der Waals surface area contributed by atoms with E-state index in [0.29, 0.717) is 22.5 Å². The second kappa shape index (κ2) is 7.96. The van der Waals surface area contributed by atoms with Crippen molar-refractivity contribution in [1.82, 2.24) is 0 Å². The highest BCUT2D eigenvalue weighted by atomic mass is 16.3. The molecule has 0 atom stereocenters. The van der Waals surface area contributed by atoms with E-state index >= 15 is 0 Å². The number of carbonyl (C=O) groups excluding carboxylic acids is 4. The van der Waals surface area contributed by atoms with E-state index in [0.717, 1.165) is 0 Å². The zero-order chi connectivity index (χ0) is 23.0. The second-order valence-corrected chi connectivity index (χ2v) is 7.32. The lowest BCUT2D eigenvalue weighted by atomic mass is 10.1. The summed E-state index contributed by atoms with van der Waals surface area (Å²) in [6.45, 7) is 1.35. The number of hydrogen-bond donors (Lipinski definition) is 3. The number of benzene rings is 2. The van der Waals surface area contributed by atoms with Gasteiger partial charge in [0, 0.05) is 40.6 Å². The molecule has 0 aromatic heterocycles. The van der Waals surface area contributed by atoms with Gasteiger partial charge >= 0.3 is 0 Å². The molecule has 0 unspecified atom stereocenters. The number of hydrogen-bond acceptors (Lipinski definition) is 6. The van der Waals surface area contributed by atoms with Crippen molar-refractivity contribution in [3.63, 3.8) is 0 Å². The summed E-state index contributed by atoms with van der Waals surface area (Å²) in [4.78, 5) is 48.8. The van der Waals surface area contributed by atoms with Gasteiger partial charge in [-0.1, -0.05) is 18.2 Å². The van der Waals surface area contributed by atoms with Crippen molar-refractivity contribution < 1.29 is 24.3 Å². The Labute approximate surface area is 183 Å². The summed E-state index contributed by atoms with van der Waals surface area (Å²) in [5.41, 5.74) is 8.01. The maximum absolute atomic E-state index is 12.6. The first-order chi connectivity index (χ1) is 15.3. The molecular formula is C25H18N2O5. The molecule has 7 nitrogen and oxygen atoms in total. The van der Waals surface area contributed by atoms with Gasteiger partial charge < -0.3 is 16.2 Å². The van der Waals surface area contributed by atoms with Crippen LogP contribution in [0.1, 0.15) is 43.6 Å². The molecule has 2 aromatic rings. The molecule has 0 fully saturated rings. The van der Waals surface area contributed by atoms with Crippen molar-refractivity contribution >= 4 is 40.4 Å². The highest BCUT2D eigenvalue weighted by Gasteiger charge is 2.33. The molecule has 0 heterocycles. The molecule has 0 radical (unpaired) electrons. The van der Waals surface area contributed by atoms with Crippen molar-refractivity contribution in [2.75, 3.05) is 11.1 Å². The number of ketones is 3. The number of allylic oxidation sites excluding steroid dienone is 7. The van der Waals surface area contributed by atoms with Crippen LogP contribution in [0.5, 0.6) is 0 Å². The minimum atomic E-state index is -0.426. The Balaban J connectivity index is 1.51. The Hall–Kier alpha value is -4.52. The molecule has 4 N–H and O–H groups in total. The van der Waals surface area contributed by atoms with Crippen molar-refractivity contribution in [2.45, 2.75) is 6.92 Å². The third kappa shape index (κ3) is 3.56. The van der Waals surface area contributed by atoms with Crippen LogP contribution >= 0.6 is 0 Å². The molecule has 0 saturated heterocycles. The van der Waals surface area contributed by atoms with Crippen LogP contribution in [0.15, 0.2) is 77.9 Å². The van der Waals surface area contributed by atoms with E-state index in [1.807, 2.05) is 0 Å². The van der Waals surface area contributed by atoms with E-state index < -0.39 is 11.6 Å². The standard InChI is InChI=1S/C25H18N2O5/c1-13(28)27-15-8-10-17-21(12-15)25(32)19(23(17)30)6-4-2-3-5-18-22(29)16-9-7-14(26)11-20(16)24(18)31/h2-12,31H,26H2,1H3,(H,27,28)/b4-2+,5-3+,19-6-. The third-order valence-corrected chi connectivity index (χ3v) is 5.11. The van der Waals surface area contributed by atoms with Crippen LogP contribution in [0.3, 0.4) is 0 Å². The lowest BCUT2D eigenvalue weighted by Gasteiger charge is -2.03. The Morgan fingerprint density at radius 3 is 2.31 bits per heavy atom. The van der Waals surface area contributed by atoms with E-state index in [-0.39, 0.29) is 39.7 Å².